The van der Waals surface area contributed by atoms with E-state index in [-0.39, 0.29) is 23.7 Å². The molecule has 1 aromatic rings. The Morgan fingerprint density at radius 2 is 1.93 bits per heavy atom. The van der Waals surface area contributed by atoms with Crippen molar-refractivity contribution >= 4 is 6.29 Å². The summed E-state index contributed by atoms with van der Waals surface area (Å²) in [5, 5.41) is 0. The van der Waals surface area contributed by atoms with E-state index in [1.54, 1.807) is 13.8 Å². The van der Waals surface area contributed by atoms with E-state index >= 15 is 0 Å². The van der Waals surface area contributed by atoms with E-state index in [9.17, 15) is 13.6 Å². The summed E-state index contributed by atoms with van der Waals surface area (Å²) in [5.74, 6) is -1.69. The first-order valence-corrected chi connectivity index (χ1v) is 4.15. The summed E-state index contributed by atoms with van der Waals surface area (Å²) >= 11 is 0. The van der Waals surface area contributed by atoms with Crippen LogP contribution in [0.2, 0.25) is 0 Å². The Kier molecular flexibility index (Phi) is 3.17. The van der Waals surface area contributed by atoms with Crippen molar-refractivity contribution < 1.29 is 18.3 Å². The van der Waals surface area contributed by atoms with Crippen LogP contribution in [-0.4, -0.2) is 12.4 Å². The van der Waals surface area contributed by atoms with Crippen LogP contribution < -0.4 is 4.74 Å². The molecule has 0 radical (unpaired) electrons. The lowest BCUT2D eigenvalue weighted by Crippen LogP contribution is -2.07. The molecule has 1 aromatic carbocycles. The minimum atomic E-state index is -0.781. The van der Waals surface area contributed by atoms with E-state index in [0.29, 0.717) is 0 Å². The molecule has 0 spiro atoms. The molecule has 0 aliphatic carbocycles. The summed E-state index contributed by atoms with van der Waals surface area (Å²) < 4.78 is 31.1. The molecule has 0 aliphatic rings. The average molecular weight is 200 g/mol. The van der Waals surface area contributed by atoms with Gasteiger partial charge in [-0.2, -0.15) is 0 Å². The van der Waals surface area contributed by atoms with Crippen LogP contribution in [0.15, 0.2) is 12.1 Å². The van der Waals surface area contributed by atoms with Crippen LogP contribution in [0.5, 0.6) is 5.75 Å². The van der Waals surface area contributed by atoms with E-state index in [1.165, 1.54) is 0 Å². The second-order valence-corrected chi connectivity index (χ2v) is 3.09. The fourth-order valence-electron chi connectivity index (χ4n) is 0.979. The monoisotopic (exact) mass is 200 g/mol. The molecule has 0 fully saturated rings. The zero-order chi connectivity index (χ0) is 10.7. The first-order chi connectivity index (χ1) is 6.54. The molecule has 2 nitrogen and oxygen atoms in total. The average Bonchev–Trinajstić information content (AvgIpc) is 2.10. The number of rotatable bonds is 3. The van der Waals surface area contributed by atoms with Gasteiger partial charge in [-0.1, -0.05) is 0 Å². The summed E-state index contributed by atoms with van der Waals surface area (Å²) in [6, 6.07) is 1.69. The van der Waals surface area contributed by atoms with Gasteiger partial charge in [0.2, 0.25) is 0 Å². The van der Waals surface area contributed by atoms with E-state index < -0.39 is 11.6 Å². The number of hydrogen-bond acceptors (Lipinski definition) is 2. The fraction of sp³-hybridized carbons (Fsp3) is 0.300. The Morgan fingerprint density at radius 1 is 1.29 bits per heavy atom. The van der Waals surface area contributed by atoms with Crippen molar-refractivity contribution in [3.63, 3.8) is 0 Å². The number of benzene rings is 1. The highest BCUT2D eigenvalue weighted by Gasteiger charge is 2.11. The Labute approximate surface area is 80.5 Å². The summed E-state index contributed by atoms with van der Waals surface area (Å²) in [6.07, 6.45) is 0.0170. The Hall–Kier alpha value is -1.45. The molecule has 0 bridgehead atoms. The number of carbonyl (C=O) groups is 1. The standard InChI is InChI=1S/C10H10F2O2/c1-6(2)14-10-4-8(11)7(5-13)3-9(10)12/h3-6H,1-2H3. The lowest BCUT2D eigenvalue weighted by Gasteiger charge is -2.10. The van der Waals surface area contributed by atoms with Crippen LogP contribution in [0.3, 0.4) is 0 Å². The molecule has 0 heterocycles. The van der Waals surface area contributed by atoms with Gasteiger partial charge in [0.15, 0.2) is 17.9 Å². The Morgan fingerprint density at radius 3 is 2.43 bits per heavy atom. The molecule has 0 unspecified atom stereocenters. The third-order valence-corrected chi connectivity index (χ3v) is 1.54. The molecule has 0 N–H and O–H groups in total. The van der Waals surface area contributed by atoms with Crippen molar-refractivity contribution in [3.8, 4) is 5.75 Å². The minimum absolute atomic E-state index is 0.178. The van der Waals surface area contributed by atoms with E-state index in [0.717, 1.165) is 12.1 Å². The van der Waals surface area contributed by atoms with Gasteiger partial charge >= 0.3 is 0 Å². The quantitative estimate of drug-likeness (QED) is 0.701. The van der Waals surface area contributed by atoms with Gasteiger partial charge in [0.1, 0.15) is 5.82 Å². The number of aldehydes is 1. The minimum Gasteiger partial charge on any atom is -0.488 e. The first-order valence-electron chi connectivity index (χ1n) is 4.15. The largest absolute Gasteiger partial charge is 0.488 e. The molecule has 0 aliphatic heterocycles. The van der Waals surface area contributed by atoms with E-state index in [4.69, 9.17) is 4.74 Å². The SMILES string of the molecule is CC(C)Oc1cc(F)c(C=O)cc1F. The molecule has 0 saturated carbocycles. The molecule has 0 saturated heterocycles. The Bertz CT molecular complexity index is 348. The van der Waals surface area contributed by atoms with Crippen molar-refractivity contribution in [3.05, 3.63) is 29.3 Å². The van der Waals surface area contributed by atoms with Gasteiger partial charge in [0.25, 0.3) is 0 Å². The summed E-state index contributed by atoms with van der Waals surface area (Å²) in [7, 11) is 0. The van der Waals surface area contributed by atoms with Crippen LogP contribution in [0.4, 0.5) is 8.78 Å². The smallest absolute Gasteiger partial charge is 0.166 e. The highest BCUT2D eigenvalue weighted by atomic mass is 19.1. The van der Waals surface area contributed by atoms with Gasteiger partial charge in [0.05, 0.1) is 11.7 Å². The van der Waals surface area contributed by atoms with Crippen molar-refractivity contribution in [1.82, 2.24) is 0 Å². The van der Waals surface area contributed by atoms with Crippen molar-refractivity contribution in [2.24, 2.45) is 0 Å². The normalized spacial score (nSPS) is 10.4. The van der Waals surface area contributed by atoms with Gasteiger partial charge in [-0.25, -0.2) is 8.78 Å². The predicted octanol–water partition coefficient (Wildman–Crippen LogP) is 2.56. The molecule has 76 valence electrons. The van der Waals surface area contributed by atoms with Gasteiger partial charge in [-0.15, -0.1) is 0 Å². The molecule has 0 amide bonds. The van der Waals surface area contributed by atoms with Crippen LogP contribution in [0, 0.1) is 11.6 Å². The molecule has 0 atom stereocenters. The van der Waals surface area contributed by atoms with Crippen molar-refractivity contribution in [2.45, 2.75) is 20.0 Å². The zero-order valence-corrected chi connectivity index (χ0v) is 7.88. The van der Waals surface area contributed by atoms with Crippen molar-refractivity contribution in [2.75, 3.05) is 0 Å². The zero-order valence-electron chi connectivity index (χ0n) is 7.88. The topological polar surface area (TPSA) is 26.3 Å². The number of halogens is 2. The third-order valence-electron chi connectivity index (χ3n) is 1.54. The highest BCUT2D eigenvalue weighted by molar-refractivity contribution is 5.75. The third kappa shape index (κ3) is 2.28. The molecule has 0 aromatic heterocycles. The van der Waals surface area contributed by atoms with Gasteiger partial charge in [-0.05, 0) is 19.9 Å². The highest BCUT2D eigenvalue weighted by Crippen LogP contribution is 2.21. The maximum atomic E-state index is 13.1. The van der Waals surface area contributed by atoms with Gasteiger partial charge in [-0.3, -0.25) is 4.79 Å². The van der Waals surface area contributed by atoms with E-state index in [1.807, 2.05) is 0 Å². The summed E-state index contributed by atoms with van der Waals surface area (Å²) in [4.78, 5) is 10.3. The van der Waals surface area contributed by atoms with Gasteiger partial charge in [0, 0.05) is 6.07 Å². The molecule has 14 heavy (non-hydrogen) atoms. The second kappa shape index (κ2) is 4.17. The first kappa shape index (κ1) is 10.6. The Balaban J connectivity index is 3.08. The molecule has 1 rings (SSSR count). The summed E-state index contributed by atoms with van der Waals surface area (Å²) in [5.41, 5.74) is -0.307. The summed E-state index contributed by atoms with van der Waals surface area (Å²) in [6.45, 7) is 3.40. The number of carbonyl (C=O) groups excluding carboxylic acids is 1. The van der Waals surface area contributed by atoms with Crippen LogP contribution >= 0.6 is 0 Å². The van der Waals surface area contributed by atoms with Crippen LogP contribution in [0.25, 0.3) is 0 Å². The molecule has 4 heteroatoms. The number of hydrogen-bond donors (Lipinski definition) is 0. The lowest BCUT2D eigenvalue weighted by atomic mass is 10.2. The maximum Gasteiger partial charge on any atom is 0.166 e. The number of ether oxygens (including phenoxy) is 1. The fourth-order valence-corrected chi connectivity index (χ4v) is 0.979. The lowest BCUT2D eigenvalue weighted by molar-refractivity contribution is 0.111. The van der Waals surface area contributed by atoms with Crippen LogP contribution in [-0.2, 0) is 0 Å². The van der Waals surface area contributed by atoms with E-state index in [2.05, 4.69) is 0 Å². The molecular formula is C10H10F2O2. The van der Waals surface area contributed by atoms with Crippen molar-refractivity contribution in [1.29, 1.82) is 0 Å². The molecular weight excluding hydrogens is 190 g/mol. The van der Waals surface area contributed by atoms with Gasteiger partial charge < -0.3 is 4.74 Å². The predicted molar refractivity (Wildman–Crippen MR) is 47.5 cm³/mol. The van der Waals surface area contributed by atoms with Crippen LogP contribution in [0.1, 0.15) is 24.2 Å². The maximum absolute atomic E-state index is 13.1. The second-order valence-electron chi connectivity index (χ2n) is 3.09.